The molecule has 0 bridgehead atoms. The maximum Gasteiger partial charge on any atom is 0.267 e. The first-order chi connectivity index (χ1) is 11.5. The fourth-order valence-corrected chi connectivity index (χ4v) is 2.59. The molecule has 0 aliphatic carbocycles. The van der Waals surface area contributed by atoms with Gasteiger partial charge in [-0.1, -0.05) is 18.2 Å². The minimum Gasteiger partial charge on any atom is -0.482 e. The van der Waals surface area contributed by atoms with Gasteiger partial charge in [-0.05, 0) is 25.1 Å². The first-order valence-corrected chi connectivity index (χ1v) is 7.57. The molecule has 2 aromatic carbocycles. The molecule has 1 amide bonds. The Labute approximate surface area is 138 Å². The molecule has 1 aliphatic rings. The van der Waals surface area contributed by atoms with Crippen LogP contribution in [0.5, 0.6) is 11.5 Å². The van der Waals surface area contributed by atoms with E-state index in [1.165, 1.54) is 11.0 Å². The molecule has 6 heteroatoms. The van der Waals surface area contributed by atoms with Gasteiger partial charge >= 0.3 is 0 Å². The Hall–Kier alpha value is -2.63. The van der Waals surface area contributed by atoms with Crippen molar-refractivity contribution >= 4 is 5.91 Å². The summed E-state index contributed by atoms with van der Waals surface area (Å²) < 4.78 is 38.2. The Balaban J connectivity index is 1.74. The van der Waals surface area contributed by atoms with Crippen LogP contribution < -0.4 is 9.47 Å². The maximum atomic E-state index is 13.8. The second kappa shape index (κ2) is 6.47. The third kappa shape index (κ3) is 3.18. The lowest BCUT2D eigenvalue weighted by Crippen LogP contribution is -2.49. The van der Waals surface area contributed by atoms with Crippen LogP contribution in [0.25, 0.3) is 0 Å². The van der Waals surface area contributed by atoms with Crippen LogP contribution in [0.1, 0.15) is 12.5 Å². The predicted molar refractivity (Wildman–Crippen MR) is 83.8 cm³/mol. The normalized spacial score (nSPS) is 19.0. The minimum atomic E-state index is -0.826. The number of halogens is 2. The zero-order valence-corrected chi connectivity index (χ0v) is 13.3. The van der Waals surface area contributed by atoms with Crippen molar-refractivity contribution in [2.75, 3.05) is 7.05 Å². The van der Waals surface area contributed by atoms with Crippen LogP contribution in [0.4, 0.5) is 8.78 Å². The zero-order chi connectivity index (χ0) is 17.3. The van der Waals surface area contributed by atoms with Crippen molar-refractivity contribution in [2.24, 2.45) is 0 Å². The van der Waals surface area contributed by atoms with Crippen molar-refractivity contribution in [2.45, 2.75) is 25.7 Å². The van der Waals surface area contributed by atoms with E-state index in [2.05, 4.69) is 0 Å². The number of benzene rings is 2. The standard InChI is InChI=1S/C18H17F2NO3/c1-11-17(24-16-6-4-3-5-15(16)23-11)18(22)21(2)10-12-7-8-13(19)9-14(12)20/h3-9,11,17H,10H2,1-2H3/t11-,17-/m0/s1. The molecule has 24 heavy (non-hydrogen) atoms. The molecule has 0 fully saturated rings. The van der Waals surface area contributed by atoms with Crippen molar-refractivity contribution in [1.82, 2.24) is 4.90 Å². The number of amides is 1. The van der Waals surface area contributed by atoms with E-state index in [4.69, 9.17) is 9.47 Å². The molecule has 0 aromatic heterocycles. The molecule has 0 N–H and O–H groups in total. The van der Waals surface area contributed by atoms with E-state index in [0.29, 0.717) is 11.5 Å². The van der Waals surface area contributed by atoms with Crippen molar-refractivity contribution in [3.63, 3.8) is 0 Å². The summed E-state index contributed by atoms with van der Waals surface area (Å²) >= 11 is 0. The van der Waals surface area contributed by atoms with Gasteiger partial charge in [0.25, 0.3) is 5.91 Å². The molecule has 2 aromatic rings. The average Bonchev–Trinajstić information content (AvgIpc) is 2.56. The molecule has 0 saturated carbocycles. The molecule has 3 rings (SSSR count). The number of ether oxygens (including phenoxy) is 2. The highest BCUT2D eigenvalue weighted by atomic mass is 19.1. The summed E-state index contributed by atoms with van der Waals surface area (Å²) in [6, 6.07) is 10.4. The number of carbonyl (C=O) groups is 1. The SMILES string of the molecule is C[C@@H]1Oc2ccccc2O[C@@H]1C(=O)N(C)Cc1ccc(F)cc1F. The number of carbonyl (C=O) groups excluding carboxylic acids is 1. The van der Waals surface area contributed by atoms with Crippen LogP contribution in [0.2, 0.25) is 0 Å². The van der Waals surface area contributed by atoms with Gasteiger partial charge in [-0.15, -0.1) is 0 Å². The number of para-hydroxylation sites is 2. The van der Waals surface area contributed by atoms with E-state index in [1.54, 1.807) is 32.2 Å². The molecule has 0 unspecified atom stereocenters. The van der Waals surface area contributed by atoms with E-state index in [0.717, 1.165) is 12.1 Å². The first kappa shape index (κ1) is 16.2. The first-order valence-electron chi connectivity index (χ1n) is 7.57. The molecule has 0 spiro atoms. The number of hydrogen-bond donors (Lipinski definition) is 0. The number of likely N-dealkylation sites (N-methyl/N-ethyl adjacent to an activating group) is 1. The summed E-state index contributed by atoms with van der Waals surface area (Å²) in [4.78, 5) is 14.0. The van der Waals surface area contributed by atoms with E-state index < -0.39 is 23.8 Å². The fourth-order valence-electron chi connectivity index (χ4n) is 2.59. The van der Waals surface area contributed by atoms with Gasteiger partial charge in [-0.2, -0.15) is 0 Å². The molecule has 0 saturated heterocycles. The van der Waals surface area contributed by atoms with Crippen LogP contribution in [0.15, 0.2) is 42.5 Å². The number of nitrogens with zero attached hydrogens (tertiary/aromatic N) is 1. The fraction of sp³-hybridized carbons (Fsp3) is 0.278. The Kier molecular flexibility index (Phi) is 4.38. The molecule has 4 nitrogen and oxygen atoms in total. The molecular weight excluding hydrogens is 316 g/mol. The lowest BCUT2D eigenvalue weighted by Gasteiger charge is -2.33. The Morgan fingerprint density at radius 3 is 2.46 bits per heavy atom. The van der Waals surface area contributed by atoms with Crippen molar-refractivity contribution in [3.05, 3.63) is 59.7 Å². The maximum absolute atomic E-state index is 13.8. The highest BCUT2D eigenvalue weighted by Gasteiger charge is 2.35. The van der Waals surface area contributed by atoms with Gasteiger partial charge in [0, 0.05) is 25.2 Å². The van der Waals surface area contributed by atoms with Crippen molar-refractivity contribution in [1.29, 1.82) is 0 Å². The highest BCUT2D eigenvalue weighted by Crippen LogP contribution is 2.33. The second-order valence-electron chi connectivity index (χ2n) is 5.74. The molecule has 2 atom stereocenters. The van der Waals surface area contributed by atoms with Crippen molar-refractivity contribution < 1.29 is 23.0 Å². The molecular formula is C18H17F2NO3. The quantitative estimate of drug-likeness (QED) is 0.866. The molecule has 1 aliphatic heterocycles. The van der Waals surface area contributed by atoms with Crippen LogP contribution in [0.3, 0.4) is 0 Å². The molecule has 126 valence electrons. The van der Waals surface area contributed by atoms with Crippen LogP contribution in [-0.4, -0.2) is 30.1 Å². The van der Waals surface area contributed by atoms with E-state index in [9.17, 15) is 13.6 Å². The number of fused-ring (bicyclic) bond motifs is 1. The van der Waals surface area contributed by atoms with Crippen LogP contribution in [0, 0.1) is 11.6 Å². The summed E-state index contributed by atoms with van der Waals surface area (Å²) in [6.07, 6.45) is -1.30. The monoisotopic (exact) mass is 333 g/mol. The predicted octanol–water partition coefficient (Wildman–Crippen LogP) is 3.15. The van der Waals surface area contributed by atoms with Gasteiger partial charge < -0.3 is 14.4 Å². The van der Waals surface area contributed by atoms with Gasteiger partial charge in [0.2, 0.25) is 6.10 Å². The summed E-state index contributed by atoms with van der Waals surface area (Å²) in [5.41, 5.74) is 0.233. The van der Waals surface area contributed by atoms with E-state index in [-0.39, 0.29) is 18.0 Å². The third-order valence-electron chi connectivity index (χ3n) is 3.88. The summed E-state index contributed by atoms with van der Waals surface area (Å²) in [7, 11) is 1.54. The average molecular weight is 333 g/mol. The topological polar surface area (TPSA) is 38.8 Å². The smallest absolute Gasteiger partial charge is 0.267 e. The Morgan fingerprint density at radius 2 is 1.79 bits per heavy atom. The zero-order valence-electron chi connectivity index (χ0n) is 13.3. The van der Waals surface area contributed by atoms with Crippen molar-refractivity contribution in [3.8, 4) is 11.5 Å². The van der Waals surface area contributed by atoms with Gasteiger partial charge in [0.1, 0.15) is 17.7 Å². The van der Waals surface area contributed by atoms with Crippen LogP contribution >= 0.6 is 0 Å². The second-order valence-corrected chi connectivity index (χ2v) is 5.74. The Bertz CT molecular complexity index is 766. The minimum absolute atomic E-state index is 0.0131. The lowest BCUT2D eigenvalue weighted by atomic mass is 10.1. The third-order valence-corrected chi connectivity index (χ3v) is 3.88. The van der Waals surface area contributed by atoms with E-state index in [1.807, 2.05) is 6.07 Å². The summed E-state index contributed by atoms with van der Waals surface area (Å²) in [5, 5.41) is 0. The lowest BCUT2D eigenvalue weighted by molar-refractivity contribution is -0.143. The largest absolute Gasteiger partial charge is 0.482 e. The Morgan fingerprint density at radius 1 is 1.12 bits per heavy atom. The van der Waals surface area contributed by atoms with Gasteiger partial charge in [-0.3, -0.25) is 4.79 Å². The summed E-state index contributed by atoms with van der Waals surface area (Å²) in [6.45, 7) is 1.75. The highest BCUT2D eigenvalue weighted by molar-refractivity contribution is 5.82. The summed E-state index contributed by atoms with van der Waals surface area (Å²) in [5.74, 6) is -0.592. The molecule has 0 radical (unpaired) electrons. The van der Waals surface area contributed by atoms with Gasteiger partial charge in [0.15, 0.2) is 11.5 Å². The number of rotatable bonds is 3. The van der Waals surface area contributed by atoms with Crippen LogP contribution in [-0.2, 0) is 11.3 Å². The van der Waals surface area contributed by atoms with Gasteiger partial charge in [0.05, 0.1) is 0 Å². The van der Waals surface area contributed by atoms with Gasteiger partial charge in [-0.25, -0.2) is 8.78 Å². The molecule has 1 heterocycles. The number of hydrogen-bond acceptors (Lipinski definition) is 3. The van der Waals surface area contributed by atoms with E-state index >= 15 is 0 Å².